The summed E-state index contributed by atoms with van der Waals surface area (Å²) in [5.74, 6) is 0.600. The van der Waals surface area contributed by atoms with Gasteiger partial charge in [-0.2, -0.15) is 4.99 Å². The van der Waals surface area contributed by atoms with Crippen LogP contribution in [0.25, 0.3) is 11.1 Å². The number of aliphatic imine (C=N–C) groups is 2. The van der Waals surface area contributed by atoms with Gasteiger partial charge in [-0.1, -0.05) is 67.1 Å². The van der Waals surface area contributed by atoms with Gasteiger partial charge in [-0.3, -0.25) is 4.90 Å². The van der Waals surface area contributed by atoms with Crippen molar-refractivity contribution < 1.29 is 9.53 Å². The number of guanidine groups is 2. The summed E-state index contributed by atoms with van der Waals surface area (Å²) in [5.41, 5.74) is 17.9. The maximum Gasteiger partial charge on any atom is 0.408 e. The van der Waals surface area contributed by atoms with E-state index in [-0.39, 0.29) is 5.96 Å². The van der Waals surface area contributed by atoms with Gasteiger partial charge in [0.15, 0.2) is 6.10 Å². The van der Waals surface area contributed by atoms with Gasteiger partial charge in [0.25, 0.3) is 0 Å². The number of nitrogens with zero attached hydrogens (tertiary/aromatic N) is 3. The lowest BCUT2D eigenvalue weighted by atomic mass is 9.87. The minimum absolute atomic E-state index is 0.238. The van der Waals surface area contributed by atoms with Crippen LogP contribution < -0.4 is 21.7 Å². The second-order valence-electron chi connectivity index (χ2n) is 9.80. The number of hydrogen-bond donors (Lipinski definition) is 3. The van der Waals surface area contributed by atoms with E-state index in [0.29, 0.717) is 12.5 Å². The van der Waals surface area contributed by atoms with E-state index in [9.17, 15) is 4.79 Å². The molecular formula is C29H30N6O2. The third kappa shape index (κ3) is 4.18. The Morgan fingerprint density at radius 2 is 1.54 bits per heavy atom. The Morgan fingerprint density at radius 1 is 0.919 bits per heavy atom. The van der Waals surface area contributed by atoms with Gasteiger partial charge in [0.1, 0.15) is 5.66 Å². The Kier molecular flexibility index (Phi) is 5.79. The number of hydrogen-bond acceptors (Lipinski definition) is 7. The average molecular weight is 495 g/mol. The summed E-state index contributed by atoms with van der Waals surface area (Å²) in [5, 5.41) is 2.90. The first kappa shape index (κ1) is 23.1. The van der Waals surface area contributed by atoms with E-state index < -0.39 is 17.9 Å². The van der Waals surface area contributed by atoms with Gasteiger partial charge >= 0.3 is 6.09 Å². The predicted molar refractivity (Wildman–Crippen MR) is 145 cm³/mol. The number of carbonyl (C=O) groups excluding carboxylic acids is 1. The molecule has 3 aliphatic rings. The molecular weight excluding hydrogens is 464 g/mol. The second-order valence-corrected chi connectivity index (χ2v) is 9.80. The fraction of sp³-hybridized carbons (Fsp3) is 0.276. The molecule has 1 amide bonds. The van der Waals surface area contributed by atoms with E-state index in [4.69, 9.17) is 21.2 Å². The molecule has 1 aliphatic heterocycles. The SMILES string of the molecule is NC1=NC2(CCCCC2)N(c2ccc(CNC(=O)OC3c4ccccc4-c4ccccc43)cc2)C(N)=N1. The van der Waals surface area contributed by atoms with Crippen LogP contribution in [0.3, 0.4) is 0 Å². The zero-order chi connectivity index (χ0) is 25.4. The molecule has 0 unspecified atom stereocenters. The van der Waals surface area contributed by atoms with E-state index >= 15 is 0 Å². The molecule has 3 aromatic rings. The summed E-state index contributed by atoms with van der Waals surface area (Å²) in [4.78, 5) is 23.7. The Balaban J connectivity index is 1.14. The number of carbonyl (C=O) groups is 1. The van der Waals surface area contributed by atoms with Crippen molar-refractivity contribution in [1.29, 1.82) is 0 Å². The fourth-order valence-corrected chi connectivity index (χ4v) is 5.82. The molecule has 5 N–H and O–H groups in total. The molecule has 0 bridgehead atoms. The highest BCUT2D eigenvalue weighted by Gasteiger charge is 2.42. The Morgan fingerprint density at radius 3 is 2.19 bits per heavy atom. The van der Waals surface area contributed by atoms with Gasteiger partial charge in [0.05, 0.1) is 0 Å². The Labute approximate surface area is 216 Å². The van der Waals surface area contributed by atoms with Gasteiger partial charge in [0, 0.05) is 23.4 Å². The first-order chi connectivity index (χ1) is 18.0. The molecule has 0 atom stereocenters. The molecule has 0 radical (unpaired) electrons. The molecule has 1 saturated carbocycles. The van der Waals surface area contributed by atoms with Gasteiger partial charge in [0.2, 0.25) is 11.9 Å². The summed E-state index contributed by atoms with van der Waals surface area (Å²) in [7, 11) is 0. The molecule has 8 nitrogen and oxygen atoms in total. The quantitative estimate of drug-likeness (QED) is 0.482. The van der Waals surface area contributed by atoms with Crippen molar-refractivity contribution >= 4 is 23.7 Å². The minimum atomic E-state index is -0.481. The third-order valence-electron chi connectivity index (χ3n) is 7.48. The molecule has 1 spiro atoms. The number of alkyl carbamates (subject to hydrolysis) is 1. The van der Waals surface area contributed by atoms with Crippen LogP contribution in [0.4, 0.5) is 10.5 Å². The number of rotatable bonds is 4. The monoisotopic (exact) mass is 494 g/mol. The maximum absolute atomic E-state index is 12.8. The summed E-state index contributed by atoms with van der Waals surface area (Å²) in [6.07, 6.45) is 4.20. The van der Waals surface area contributed by atoms with Crippen LogP contribution in [0.5, 0.6) is 0 Å². The Bertz CT molecular complexity index is 1350. The zero-order valence-corrected chi connectivity index (χ0v) is 20.6. The average Bonchev–Trinajstić information content (AvgIpc) is 3.22. The van der Waals surface area contributed by atoms with Crippen molar-refractivity contribution in [3.63, 3.8) is 0 Å². The number of benzene rings is 3. The van der Waals surface area contributed by atoms with Crippen LogP contribution in [0.1, 0.15) is 54.9 Å². The van der Waals surface area contributed by atoms with Crippen molar-refractivity contribution in [3.05, 3.63) is 89.5 Å². The van der Waals surface area contributed by atoms with Gasteiger partial charge in [-0.25, -0.2) is 9.79 Å². The van der Waals surface area contributed by atoms with Crippen molar-refractivity contribution in [1.82, 2.24) is 5.32 Å². The lowest BCUT2D eigenvalue weighted by Gasteiger charge is -2.45. The van der Waals surface area contributed by atoms with Crippen LogP contribution in [0.15, 0.2) is 82.8 Å². The van der Waals surface area contributed by atoms with Crippen molar-refractivity contribution in [2.45, 2.75) is 50.4 Å². The fourth-order valence-electron chi connectivity index (χ4n) is 5.82. The van der Waals surface area contributed by atoms with Crippen LogP contribution in [0, 0.1) is 0 Å². The molecule has 6 rings (SSSR count). The summed E-state index contributed by atoms with van der Waals surface area (Å²) < 4.78 is 5.89. The van der Waals surface area contributed by atoms with Crippen molar-refractivity contribution in [2.24, 2.45) is 21.5 Å². The maximum atomic E-state index is 12.8. The topological polar surface area (TPSA) is 118 Å². The standard InChI is InChI=1S/C29H30N6O2/c30-26-33-27(31)35(29(34-26)16-6-1-7-17-29)20-14-12-19(13-15-20)18-32-28(36)37-25-23-10-4-2-8-21(23)22-9-3-5-11-24(22)25/h2-5,8-15,25H,1,6-7,16-18H2,(H,32,36)(H4,30,31,33,34). The number of anilines is 1. The number of fused-ring (bicyclic) bond motifs is 3. The summed E-state index contributed by atoms with van der Waals surface area (Å²) in [6.45, 7) is 0.342. The number of nitrogens with two attached hydrogens (primary N) is 2. The molecule has 8 heteroatoms. The highest BCUT2D eigenvalue weighted by atomic mass is 16.6. The number of ether oxygens (including phenoxy) is 1. The minimum Gasteiger partial charge on any atom is -0.436 e. The lowest BCUT2D eigenvalue weighted by Crippen LogP contribution is -2.58. The summed E-state index contributed by atoms with van der Waals surface area (Å²) in [6, 6.07) is 24.0. The molecule has 37 heavy (non-hydrogen) atoms. The van der Waals surface area contributed by atoms with Crippen molar-refractivity contribution in [2.75, 3.05) is 4.90 Å². The molecule has 2 aliphatic carbocycles. The van der Waals surface area contributed by atoms with E-state index in [1.54, 1.807) is 0 Å². The first-order valence-corrected chi connectivity index (χ1v) is 12.8. The highest BCUT2D eigenvalue weighted by molar-refractivity contribution is 6.05. The van der Waals surface area contributed by atoms with E-state index in [1.807, 2.05) is 65.6 Å². The molecule has 1 fully saturated rings. The molecule has 1 heterocycles. The van der Waals surface area contributed by atoms with Crippen LogP contribution in [0.2, 0.25) is 0 Å². The summed E-state index contributed by atoms with van der Waals surface area (Å²) >= 11 is 0. The number of nitrogens with one attached hydrogen (secondary N) is 1. The first-order valence-electron chi connectivity index (χ1n) is 12.8. The third-order valence-corrected chi connectivity index (χ3v) is 7.48. The highest BCUT2D eigenvalue weighted by Crippen LogP contribution is 2.45. The van der Waals surface area contributed by atoms with Gasteiger partial charge < -0.3 is 21.5 Å². The Hall–Kier alpha value is -4.33. The normalized spacial score (nSPS) is 18.0. The van der Waals surface area contributed by atoms with Crippen LogP contribution in [-0.4, -0.2) is 23.7 Å². The largest absolute Gasteiger partial charge is 0.436 e. The molecule has 188 valence electrons. The van der Waals surface area contributed by atoms with Crippen LogP contribution >= 0.6 is 0 Å². The smallest absolute Gasteiger partial charge is 0.408 e. The van der Waals surface area contributed by atoms with Crippen LogP contribution in [-0.2, 0) is 11.3 Å². The molecule has 0 aromatic heterocycles. The zero-order valence-electron chi connectivity index (χ0n) is 20.6. The van der Waals surface area contributed by atoms with E-state index in [0.717, 1.165) is 59.2 Å². The van der Waals surface area contributed by atoms with E-state index in [2.05, 4.69) is 22.4 Å². The molecule has 0 saturated heterocycles. The predicted octanol–water partition coefficient (Wildman–Crippen LogP) is 4.79. The van der Waals surface area contributed by atoms with Gasteiger partial charge in [-0.15, -0.1) is 0 Å². The van der Waals surface area contributed by atoms with Crippen molar-refractivity contribution in [3.8, 4) is 11.1 Å². The lowest BCUT2D eigenvalue weighted by molar-refractivity contribution is 0.118. The molecule has 3 aromatic carbocycles. The van der Waals surface area contributed by atoms with E-state index in [1.165, 1.54) is 6.42 Å². The number of amides is 1. The second kappa shape index (κ2) is 9.28. The van der Waals surface area contributed by atoms with Gasteiger partial charge in [-0.05, 0) is 54.5 Å².